The van der Waals surface area contributed by atoms with Crippen molar-refractivity contribution in [3.05, 3.63) is 18.0 Å². The van der Waals surface area contributed by atoms with E-state index >= 15 is 0 Å². The van der Waals surface area contributed by atoms with Crippen LogP contribution in [-0.2, 0) is 6.54 Å². The Morgan fingerprint density at radius 1 is 1.77 bits per heavy atom. The fourth-order valence-electron chi connectivity index (χ4n) is 1.60. The Labute approximate surface area is 77.7 Å². The highest BCUT2D eigenvalue weighted by Crippen LogP contribution is 2.13. The third kappa shape index (κ3) is 2.08. The summed E-state index contributed by atoms with van der Waals surface area (Å²) in [6.07, 6.45) is 2.84. The summed E-state index contributed by atoms with van der Waals surface area (Å²) in [4.78, 5) is 0. The van der Waals surface area contributed by atoms with Gasteiger partial charge in [-0.05, 0) is 19.9 Å². The molecule has 0 saturated carbocycles. The standard InChI is InChI=1S/C9H15N3O/c1-9(3-5-10-7-9)11-6-8-2-4-12-13-8/h2,4,10-11H,3,5-7H2,1H3. The molecule has 0 aliphatic carbocycles. The number of nitrogens with zero attached hydrogens (tertiary/aromatic N) is 1. The quantitative estimate of drug-likeness (QED) is 0.713. The van der Waals surface area contributed by atoms with Crippen molar-refractivity contribution in [1.29, 1.82) is 0 Å². The Balaban J connectivity index is 1.85. The summed E-state index contributed by atoms with van der Waals surface area (Å²) >= 11 is 0. The van der Waals surface area contributed by atoms with Crippen LogP contribution in [0.5, 0.6) is 0 Å². The lowest BCUT2D eigenvalue weighted by molar-refractivity contribution is 0.328. The van der Waals surface area contributed by atoms with Crippen molar-refractivity contribution in [2.45, 2.75) is 25.4 Å². The summed E-state index contributed by atoms with van der Waals surface area (Å²) in [7, 11) is 0. The van der Waals surface area contributed by atoms with Gasteiger partial charge in [-0.1, -0.05) is 5.16 Å². The highest BCUT2D eigenvalue weighted by Gasteiger charge is 2.27. The van der Waals surface area contributed by atoms with Crippen LogP contribution in [0.1, 0.15) is 19.1 Å². The van der Waals surface area contributed by atoms with Gasteiger partial charge in [-0.15, -0.1) is 0 Å². The summed E-state index contributed by atoms with van der Waals surface area (Å²) < 4.78 is 5.01. The van der Waals surface area contributed by atoms with E-state index in [0.29, 0.717) is 0 Å². The minimum atomic E-state index is 0.215. The maximum Gasteiger partial charge on any atom is 0.150 e. The summed E-state index contributed by atoms with van der Waals surface area (Å²) in [6.45, 7) is 5.11. The van der Waals surface area contributed by atoms with Gasteiger partial charge in [-0.2, -0.15) is 0 Å². The largest absolute Gasteiger partial charge is 0.360 e. The third-order valence-electron chi connectivity index (χ3n) is 2.55. The molecular formula is C9H15N3O. The van der Waals surface area contributed by atoms with Gasteiger partial charge >= 0.3 is 0 Å². The maximum absolute atomic E-state index is 5.01. The topological polar surface area (TPSA) is 50.1 Å². The third-order valence-corrected chi connectivity index (χ3v) is 2.55. The molecule has 1 fully saturated rings. The summed E-state index contributed by atoms with van der Waals surface area (Å²) in [5.41, 5.74) is 0.215. The average molecular weight is 181 g/mol. The normalized spacial score (nSPS) is 28.1. The van der Waals surface area contributed by atoms with Crippen LogP contribution in [0.15, 0.2) is 16.8 Å². The lowest BCUT2D eigenvalue weighted by Crippen LogP contribution is -2.43. The van der Waals surface area contributed by atoms with E-state index in [-0.39, 0.29) is 5.54 Å². The molecule has 1 aromatic heterocycles. The van der Waals surface area contributed by atoms with Gasteiger partial charge < -0.3 is 15.2 Å². The minimum absolute atomic E-state index is 0.215. The van der Waals surface area contributed by atoms with Crippen molar-refractivity contribution in [3.8, 4) is 0 Å². The van der Waals surface area contributed by atoms with E-state index in [2.05, 4.69) is 22.7 Å². The predicted molar refractivity (Wildman–Crippen MR) is 49.2 cm³/mol. The summed E-state index contributed by atoms with van der Waals surface area (Å²) in [6, 6.07) is 1.89. The smallest absolute Gasteiger partial charge is 0.150 e. The Kier molecular flexibility index (Phi) is 2.33. The zero-order chi connectivity index (χ0) is 9.15. The predicted octanol–water partition coefficient (Wildman–Crippen LogP) is 0.516. The molecular weight excluding hydrogens is 166 g/mol. The van der Waals surface area contributed by atoms with E-state index in [9.17, 15) is 0 Å². The molecule has 2 rings (SSSR count). The van der Waals surface area contributed by atoms with Gasteiger partial charge in [0.1, 0.15) is 5.76 Å². The lowest BCUT2D eigenvalue weighted by Gasteiger charge is -2.23. The average Bonchev–Trinajstić information content (AvgIpc) is 2.72. The summed E-state index contributed by atoms with van der Waals surface area (Å²) in [5, 5.41) is 10.5. The molecule has 13 heavy (non-hydrogen) atoms. The molecule has 4 nitrogen and oxygen atoms in total. The zero-order valence-corrected chi connectivity index (χ0v) is 7.84. The number of nitrogens with one attached hydrogen (secondary N) is 2. The van der Waals surface area contributed by atoms with Crippen LogP contribution in [-0.4, -0.2) is 23.8 Å². The molecule has 0 radical (unpaired) electrons. The molecule has 1 unspecified atom stereocenters. The summed E-state index contributed by atoms with van der Waals surface area (Å²) in [5.74, 6) is 0.896. The van der Waals surface area contributed by atoms with Crippen LogP contribution in [0.25, 0.3) is 0 Å². The second kappa shape index (κ2) is 3.47. The molecule has 2 N–H and O–H groups in total. The molecule has 72 valence electrons. The van der Waals surface area contributed by atoms with Crippen LogP contribution in [0.4, 0.5) is 0 Å². The van der Waals surface area contributed by atoms with Crippen molar-refractivity contribution >= 4 is 0 Å². The number of hydrogen-bond donors (Lipinski definition) is 2. The molecule has 1 atom stereocenters. The SMILES string of the molecule is CC1(NCc2ccno2)CCNC1. The molecule has 0 amide bonds. The molecule has 0 bridgehead atoms. The zero-order valence-electron chi connectivity index (χ0n) is 7.84. The van der Waals surface area contributed by atoms with Gasteiger partial charge in [0.05, 0.1) is 12.7 Å². The fourth-order valence-corrected chi connectivity index (χ4v) is 1.60. The molecule has 1 saturated heterocycles. The molecule has 1 aliphatic heterocycles. The van der Waals surface area contributed by atoms with Crippen LogP contribution < -0.4 is 10.6 Å². The van der Waals surface area contributed by atoms with Crippen molar-refractivity contribution in [1.82, 2.24) is 15.8 Å². The molecule has 4 heteroatoms. The first-order valence-corrected chi connectivity index (χ1v) is 4.64. The Morgan fingerprint density at radius 2 is 2.69 bits per heavy atom. The Hall–Kier alpha value is -0.870. The van der Waals surface area contributed by atoms with E-state index in [1.165, 1.54) is 6.42 Å². The van der Waals surface area contributed by atoms with E-state index in [0.717, 1.165) is 25.4 Å². The highest BCUT2D eigenvalue weighted by molar-refractivity contribution is 4.97. The van der Waals surface area contributed by atoms with E-state index in [1.54, 1.807) is 6.20 Å². The Bertz CT molecular complexity index is 252. The van der Waals surface area contributed by atoms with Crippen molar-refractivity contribution in [2.24, 2.45) is 0 Å². The van der Waals surface area contributed by atoms with Gasteiger partial charge in [0.15, 0.2) is 0 Å². The van der Waals surface area contributed by atoms with E-state index < -0.39 is 0 Å². The lowest BCUT2D eigenvalue weighted by atomic mass is 10.0. The maximum atomic E-state index is 5.01. The Morgan fingerprint density at radius 3 is 3.31 bits per heavy atom. The van der Waals surface area contributed by atoms with Gasteiger partial charge in [0.2, 0.25) is 0 Å². The van der Waals surface area contributed by atoms with Gasteiger partial charge in [-0.3, -0.25) is 0 Å². The second-order valence-electron chi connectivity index (χ2n) is 3.82. The van der Waals surface area contributed by atoms with Gasteiger partial charge in [-0.25, -0.2) is 0 Å². The van der Waals surface area contributed by atoms with Crippen molar-refractivity contribution in [3.63, 3.8) is 0 Å². The van der Waals surface area contributed by atoms with Crippen molar-refractivity contribution in [2.75, 3.05) is 13.1 Å². The monoisotopic (exact) mass is 181 g/mol. The highest BCUT2D eigenvalue weighted by atomic mass is 16.5. The van der Waals surface area contributed by atoms with Crippen LogP contribution in [0.2, 0.25) is 0 Å². The van der Waals surface area contributed by atoms with Crippen LogP contribution in [0, 0.1) is 0 Å². The number of aromatic nitrogens is 1. The van der Waals surface area contributed by atoms with E-state index in [1.807, 2.05) is 6.07 Å². The van der Waals surface area contributed by atoms with Crippen LogP contribution in [0.3, 0.4) is 0 Å². The fraction of sp³-hybridized carbons (Fsp3) is 0.667. The van der Waals surface area contributed by atoms with Crippen LogP contribution >= 0.6 is 0 Å². The first-order valence-electron chi connectivity index (χ1n) is 4.64. The van der Waals surface area contributed by atoms with Gasteiger partial charge in [0, 0.05) is 18.2 Å². The number of rotatable bonds is 3. The van der Waals surface area contributed by atoms with E-state index in [4.69, 9.17) is 4.52 Å². The first kappa shape index (κ1) is 8.72. The second-order valence-corrected chi connectivity index (χ2v) is 3.82. The molecule has 1 aromatic rings. The molecule has 2 heterocycles. The van der Waals surface area contributed by atoms with Gasteiger partial charge in [0.25, 0.3) is 0 Å². The van der Waals surface area contributed by atoms with Crippen molar-refractivity contribution < 1.29 is 4.52 Å². The molecule has 0 aromatic carbocycles. The minimum Gasteiger partial charge on any atom is -0.360 e. The molecule has 1 aliphatic rings. The first-order chi connectivity index (χ1) is 6.29. The number of hydrogen-bond acceptors (Lipinski definition) is 4. The molecule has 0 spiro atoms.